The van der Waals surface area contributed by atoms with Gasteiger partial charge in [0.15, 0.2) is 0 Å². The van der Waals surface area contributed by atoms with Crippen LogP contribution in [0.25, 0.3) is 17.2 Å². The molecule has 3 rings (SSSR count). The Morgan fingerprint density at radius 2 is 1.75 bits per heavy atom. The Bertz CT molecular complexity index is 1220. The Hall–Kier alpha value is -3.96. The molecule has 0 fully saturated rings. The summed E-state index contributed by atoms with van der Waals surface area (Å²) < 4.78 is 23.4. The summed E-state index contributed by atoms with van der Waals surface area (Å²) in [4.78, 5) is 26.1. The Morgan fingerprint density at radius 3 is 2.31 bits per heavy atom. The van der Waals surface area contributed by atoms with Crippen LogP contribution in [0.4, 0.5) is 9.39 Å². The number of hydrogen-bond acceptors (Lipinski definition) is 6. The van der Waals surface area contributed by atoms with Gasteiger partial charge in [-0.3, -0.25) is 4.79 Å². The van der Waals surface area contributed by atoms with Crippen molar-refractivity contribution >= 4 is 34.3 Å². The highest BCUT2D eigenvalue weighted by Gasteiger charge is 2.26. The van der Waals surface area contributed by atoms with Gasteiger partial charge in [-0.05, 0) is 48.4 Å². The number of esters is 1. The van der Waals surface area contributed by atoms with Crippen molar-refractivity contribution in [3.8, 4) is 22.9 Å². The van der Waals surface area contributed by atoms with Gasteiger partial charge in [0.1, 0.15) is 33.8 Å². The van der Waals surface area contributed by atoms with Crippen molar-refractivity contribution in [1.82, 2.24) is 0 Å². The molecule has 162 valence electrons. The number of methoxy groups -OCH3 is 2. The second-order valence-electron chi connectivity index (χ2n) is 6.63. The second-order valence-corrected chi connectivity index (χ2v) is 7.86. The van der Waals surface area contributed by atoms with Crippen LogP contribution in [0.5, 0.6) is 5.75 Å². The Morgan fingerprint density at radius 1 is 1.09 bits per heavy atom. The number of amides is 1. The zero-order valence-electron chi connectivity index (χ0n) is 17.6. The van der Waals surface area contributed by atoms with Crippen LogP contribution < -0.4 is 10.1 Å². The lowest BCUT2D eigenvalue weighted by molar-refractivity contribution is -0.112. The maximum atomic E-state index is 13.4. The number of ether oxygens (including phenoxy) is 2. The van der Waals surface area contributed by atoms with Crippen molar-refractivity contribution in [2.45, 2.75) is 6.92 Å². The Labute approximate surface area is 188 Å². The van der Waals surface area contributed by atoms with E-state index in [2.05, 4.69) is 5.32 Å². The first-order chi connectivity index (χ1) is 15.4. The predicted octanol–water partition coefficient (Wildman–Crippen LogP) is 5.20. The molecular formula is C24H19FN2O4S. The lowest BCUT2D eigenvalue weighted by Gasteiger charge is -2.08. The van der Waals surface area contributed by atoms with Gasteiger partial charge in [-0.15, -0.1) is 11.3 Å². The van der Waals surface area contributed by atoms with E-state index in [9.17, 15) is 19.2 Å². The summed E-state index contributed by atoms with van der Waals surface area (Å²) in [5.41, 5.74) is 1.79. The molecule has 3 aromatic rings. The molecular weight excluding hydrogens is 431 g/mol. The SMILES string of the molecule is COC(=O)c1c(NC(=O)/C(C#N)=C/c2ccc(OC)cc2)sc(C)c1-c1ccc(F)cc1. The number of carbonyl (C=O) groups excluding carboxylic acids is 2. The lowest BCUT2D eigenvalue weighted by Crippen LogP contribution is -2.15. The molecule has 0 spiro atoms. The number of aryl methyl sites for hydroxylation is 1. The van der Waals surface area contributed by atoms with Crippen LogP contribution in [0.2, 0.25) is 0 Å². The van der Waals surface area contributed by atoms with E-state index in [1.807, 2.05) is 6.07 Å². The summed E-state index contributed by atoms with van der Waals surface area (Å²) in [6, 6.07) is 14.4. The molecule has 0 bridgehead atoms. The normalized spacial score (nSPS) is 10.9. The quantitative estimate of drug-likeness (QED) is 0.317. The summed E-state index contributed by atoms with van der Waals surface area (Å²) in [6.07, 6.45) is 1.44. The highest BCUT2D eigenvalue weighted by atomic mass is 32.1. The zero-order valence-corrected chi connectivity index (χ0v) is 18.4. The van der Waals surface area contributed by atoms with Crippen LogP contribution in [0.15, 0.2) is 54.1 Å². The number of nitrogens with zero attached hydrogens (tertiary/aromatic N) is 1. The number of thiophene rings is 1. The van der Waals surface area contributed by atoms with Crippen LogP contribution in [-0.4, -0.2) is 26.1 Å². The molecule has 32 heavy (non-hydrogen) atoms. The van der Waals surface area contributed by atoms with E-state index in [0.717, 1.165) is 4.88 Å². The average Bonchev–Trinajstić information content (AvgIpc) is 3.13. The minimum Gasteiger partial charge on any atom is -0.497 e. The van der Waals surface area contributed by atoms with Gasteiger partial charge in [-0.2, -0.15) is 5.26 Å². The Kier molecular flexibility index (Phi) is 7.03. The van der Waals surface area contributed by atoms with Gasteiger partial charge in [0.25, 0.3) is 5.91 Å². The van der Waals surface area contributed by atoms with Crippen molar-refractivity contribution in [2.75, 3.05) is 19.5 Å². The fourth-order valence-electron chi connectivity index (χ4n) is 3.08. The van der Waals surface area contributed by atoms with Crippen LogP contribution >= 0.6 is 11.3 Å². The third-order valence-electron chi connectivity index (χ3n) is 4.63. The molecule has 2 aromatic carbocycles. The number of nitriles is 1. The summed E-state index contributed by atoms with van der Waals surface area (Å²) in [5.74, 6) is -1.07. The van der Waals surface area contributed by atoms with Crippen molar-refractivity contribution in [2.24, 2.45) is 0 Å². The fourth-order valence-corrected chi connectivity index (χ4v) is 4.14. The molecule has 1 amide bonds. The summed E-state index contributed by atoms with van der Waals surface area (Å²) in [6.45, 7) is 1.78. The van der Waals surface area contributed by atoms with Crippen molar-refractivity contribution < 1.29 is 23.5 Å². The molecule has 0 aliphatic rings. The van der Waals surface area contributed by atoms with Gasteiger partial charge >= 0.3 is 5.97 Å². The highest BCUT2D eigenvalue weighted by Crippen LogP contribution is 2.40. The lowest BCUT2D eigenvalue weighted by atomic mass is 10.0. The first-order valence-corrected chi connectivity index (χ1v) is 10.2. The number of carbonyl (C=O) groups is 2. The van der Waals surface area contributed by atoms with Crippen LogP contribution in [-0.2, 0) is 9.53 Å². The average molecular weight is 450 g/mol. The monoisotopic (exact) mass is 450 g/mol. The summed E-state index contributed by atoms with van der Waals surface area (Å²) in [5, 5.41) is 12.4. The van der Waals surface area contributed by atoms with E-state index in [4.69, 9.17) is 9.47 Å². The topological polar surface area (TPSA) is 88.4 Å². The van der Waals surface area contributed by atoms with E-state index in [1.165, 1.54) is 36.7 Å². The third-order valence-corrected chi connectivity index (χ3v) is 5.65. The molecule has 0 aliphatic carbocycles. The van der Waals surface area contributed by atoms with Crippen molar-refractivity contribution in [3.63, 3.8) is 0 Å². The number of hydrogen-bond donors (Lipinski definition) is 1. The molecule has 1 heterocycles. The first-order valence-electron chi connectivity index (χ1n) is 9.42. The third kappa shape index (κ3) is 4.85. The summed E-state index contributed by atoms with van der Waals surface area (Å²) in [7, 11) is 2.78. The highest BCUT2D eigenvalue weighted by molar-refractivity contribution is 7.17. The second kappa shape index (κ2) is 9.90. The van der Waals surface area contributed by atoms with Gasteiger partial charge < -0.3 is 14.8 Å². The predicted molar refractivity (Wildman–Crippen MR) is 121 cm³/mol. The summed E-state index contributed by atoms with van der Waals surface area (Å²) >= 11 is 1.17. The maximum Gasteiger partial charge on any atom is 0.341 e. The maximum absolute atomic E-state index is 13.4. The van der Waals surface area contributed by atoms with Crippen LogP contribution in [0.3, 0.4) is 0 Å². The fraction of sp³-hybridized carbons (Fsp3) is 0.125. The van der Waals surface area contributed by atoms with Crippen molar-refractivity contribution in [3.05, 3.63) is 75.9 Å². The molecule has 8 heteroatoms. The standard InChI is InChI=1S/C24H19FN2O4S/c1-14-20(16-6-8-18(25)9-7-16)21(24(29)31-3)23(32-14)27-22(28)17(13-26)12-15-4-10-19(30-2)11-5-15/h4-12H,1-3H3,(H,27,28)/b17-12+. The first kappa shape index (κ1) is 22.7. The Balaban J connectivity index is 1.98. The van der Waals surface area contributed by atoms with Crippen LogP contribution in [0.1, 0.15) is 20.8 Å². The van der Waals surface area contributed by atoms with Crippen LogP contribution in [0, 0.1) is 24.1 Å². The van der Waals surface area contributed by atoms with E-state index in [0.29, 0.717) is 22.4 Å². The molecule has 0 radical (unpaired) electrons. The molecule has 1 aromatic heterocycles. The number of nitrogens with one attached hydrogen (secondary N) is 1. The minimum atomic E-state index is -0.666. The van der Waals surface area contributed by atoms with Gasteiger partial charge in [0, 0.05) is 10.4 Å². The van der Waals surface area contributed by atoms with E-state index in [-0.39, 0.29) is 16.1 Å². The number of anilines is 1. The van der Waals surface area contributed by atoms with Gasteiger partial charge in [0.05, 0.1) is 14.2 Å². The number of rotatable bonds is 6. The molecule has 6 nitrogen and oxygen atoms in total. The van der Waals surface area contributed by atoms with E-state index >= 15 is 0 Å². The van der Waals surface area contributed by atoms with Gasteiger partial charge in [0.2, 0.25) is 0 Å². The van der Waals surface area contributed by atoms with E-state index < -0.39 is 17.7 Å². The molecule has 0 saturated carbocycles. The molecule has 0 unspecified atom stereocenters. The van der Waals surface area contributed by atoms with Crippen molar-refractivity contribution in [1.29, 1.82) is 5.26 Å². The van der Waals surface area contributed by atoms with Gasteiger partial charge in [-0.1, -0.05) is 24.3 Å². The van der Waals surface area contributed by atoms with Gasteiger partial charge in [-0.25, -0.2) is 9.18 Å². The molecule has 0 saturated heterocycles. The number of benzene rings is 2. The molecule has 0 aliphatic heterocycles. The minimum absolute atomic E-state index is 0.139. The van der Waals surface area contributed by atoms with E-state index in [1.54, 1.807) is 50.4 Å². The molecule has 0 atom stereocenters. The molecule has 1 N–H and O–H groups in total. The smallest absolute Gasteiger partial charge is 0.341 e. The zero-order chi connectivity index (χ0) is 23.3. The largest absolute Gasteiger partial charge is 0.497 e. The number of halogens is 1.